The number of hydrogen-bond acceptors (Lipinski definition) is 5. The van der Waals surface area contributed by atoms with Gasteiger partial charge in [0.1, 0.15) is 0 Å². The van der Waals surface area contributed by atoms with Crippen molar-refractivity contribution in [2.24, 2.45) is 0 Å². The van der Waals surface area contributed by atoms with E-state index in [1.54, 1.807) is 0 Å². The first-order chi connectivity index (χ1) is 6.16. The van der Waals surface area contributed by atoms with E-state index in [2.05, 4.69) is 32.4 Å². The molecular weight excluding hydrogens is 194 g/mol. The van der Waals surface area contributed by atoms with Gasteiger partial charge in [-0.15, -0.1) is 0 Å². The van der Waals surface area contributed by atoms with Crippen molar-refractivity contribution in [2.75, 3.05) is 0 Å². The summed E-state index contributed by atoms with van der Waals surface area (Å²) in [5.41, 5.74) is -1.13. The van der Waals surface area contributed by atoms with Crippen LogP contribution in [0.25, 0.3) is 11.2 Å². The van der Waals surface area contributed by atoms with Gasteiger partial charge in [-0.1, -0.05) is 0 Å². The van der Waals surface area contributed by atoms with Crippen LogP contribution in [0.5, 0.6) is 0 Å². The standard InChI is InChI=1S/C5H3N5O2S/c11-3-1-2(6-4(12)8-3)7-5(13)10-9-1/h(H3,6,7,8,10,11,12,13). The highest BCUT2D eigenvalue weighted by molar-refractivity contribution is 7.71. The first-order valence-electron chi connectivity index (χ1n) is 3.26. The number of nitrogens with one attached hydrogen (secondary N) is 3. The van der Waals surface area contributed by atoms with Crippen LogP contribution in [0.3, 0.4) is 0 Å². The predicted molar refractivity (Wildman–Crippen MR) is 46.0 cm³/mol. The Labute approximate surface area is 74.9 Å². The molecule has 0 spiro atoms. The summed E-state index contributed by atoms with van der Waals surface area (Å²) in [6.07, 6.45) is 0. The van der Waals surface area contributed by atoms with E-state index < -0.39 is 11.2 Å². The summed E-state index contributed by atoms with van der Waals surface area (Å²) in [5, 5.41) is 5.96. The fraction of sp³-hybridized carbons (Fsp3) is 0. The number of nitrogens with zero attached hydrogens (tertiary/aromatic N) is 2. The normalized spacial score (nSPS) is 10.5. The van der Waals surface area contributed by atoms with Gasteiger partial charge >= 0.3 is 5.69 Å². The Morgan fingerprint density at radius 1 is 1.23 bits per heavy atom. The van der Waals surface area contributed by atoms with E-state index in [1.165, 1.54) is 0 Å². The van der Waals surface area contributed by atoms with Gasteiger partial charge in [0.05, 0.1) is 0 Å². The number of H-pyrrole nitrogens is 3. The van der Waals surface area contributed by atoms with Gasteiger partial charge in [-0.2, -0.15) is 10.1 Å². The Morgan fingerprint density at radius 2 is 2.00 bits per heavy atom. The molecule has 0 saturated heterocycles. The average Bonchev–Trinajstić information content (AvgIpc) is 2.02. The predicted octanol–water partition coefficient (Wildman–Crippen LogP) is -0.936. The van der Waals surface area contributed by atoms with Crippen molar-refractivity contribution in [1.82, 2.24) is 25.1 Å². The van der Waals surface area contributed by atoms with Gasteiger partial charge in [0, 0.05) is 0 Å². The van der Waals surface area contributed by atoms with E-state index in [0.29, 0.717) is 0 Å². The van der Waals surface area contributed by atoms with Crippen molar-refractivity contribution in [2.45, 2.75) is 0 Å². The lowest BCUT2D eigenvalue weighted by atomic mass is 10.5. The van der Waals surface area contributed by atoms with Gasteiger partial charge in [-0.3, -0.25) is 19.9 Å². The van der Waals surface area contributed by atoms with Crippen LogP contribution in [-0.4, -0.2) is 25.1 Å². The molecule has 66 valence electrons. The molecule has 0 fully saturated rings. The number of rotatable bonds is 0. The molecule has 0 aliphatic carbocycles. The van der Waals surface area contributed by atoms with Crippen molar-refractivity contribution in [3.63, 3.8) is 0 Å². The van der Waals surface area contributed by atoms with Crippen LogP contribution >= 0.6 is 12.2 Å². The van der Waals surface area contributed by atoms with Crippen LogP contribution in [0.4, 0.5) is 0 Å². The van der Waals surface area contributed by atoms with E-state index >= 15 is 0 Å². The maximum absolute atomic E-state index is 11.1. The van der Waals surface area contributed by atoms with Gasteiger partial charge < -0.3 is 0 Å². The number of aromatic nitrogens is 5. The molecule has 2 aromatic rings. The summed E-state index contributed by atoms with van der Waals surface area (Å²) in [7, 11) is 0. The summed E-state index contributed by atoms with van der Waals surface area (Å²) < 4.78 is 0.105. The van der Waals surface area contributed by atoms with Crippen LogP contribution in [-0.2, 0) is 0 Å². The highest BCUT2D eigenvalue weighted by Crippen LogP contribution is 1.91. The summed E-state index contributed by atoms with van der Waals surface area (Å²) in [5.74, 6) is 0. The van der Waals surface area contributed by atoms with Crippen LogP contribution in [0.15, 0.2) is 9.59 Å². The van der Waals surface area contributed by atoms with E-state index in [-0.39, 0.29) is 15.9 Å². The van der Waals surface area contributed by atoms with Crippen molar-refractivity contribution in [3.05, 3.63) is 25.6 Å². The Bertz CT molecular complexity index is 618. The molecule has 0 unspecified atom stereocenters. The smallest absolute Gasteiger partial charge is 0.290 e. The molecule has 0 aliphatic heterocycles. The lowest BCUT2D eigenvalue weighted by Gasteiger charge is -1.91. The molecule has 13 heavy (non-hydrogen) atoms. The van der Waals surface area contributed by atoms with Crippen molar-refractivity contribution >= 4 is 23.4 Å². The second-order valence-corrected chi connectivity index (χ2v) is 2.63. The second kappa shape index (κ2) is 2.59. The maximum atomic E-state index is 11.1. The summed E-state index contributed by atoms with van der Waals surface area (Å²) in [6.45, 7) is 0. The van der Waals surface area contributed by atoms with Crippen LogP contribution < -0.4 is 11.2 Å². The topological polar surface area (TPSA) is 107 Å². The van der Waals surface area contributed by atoms with Gasteiger partial charge in [0.25, 0.3) is 5.56 Å². The quantitative estimate of drug-likeness (QED) is 0.472. The first-order valence-corrected chi connectivity index (χ1v) is 3.67. The summed E-state index contributed by atoms with van der Waals surface area (Å²) in [6, 6.07) is 0. The molecular formula is C5H3N5O2S. The van der Waals surface area contributed by atoms with Crippen molar-refractivity contribution in [1.29, 1.82) is 0 Å². The van der Waals surface area contributed by atoms with E-state index in [4.69, 9.17) is 0 Å². The SMILES string of the molecule is O=c1[nH]c(=O)c2n[nH]c(=S)nc2[nH]1. The molecule has 0 amide bonds. The molecule has 8 heteroatoms. The van der Waals surface area contributed by atoms with Gasteiger partial charge in [-0.25, -0.2) is 4.79 Å². The largest absolute Gasteiger partial charge is 0.327 e. The van der Waals surface area contributed by atoms with Crippen LogP contribution in [0.2, 0.25) is 0 Å². The fourth-order valence-electron chi connectivity index (χ4n) is 0.883. The number of aromatic amines is 3. The zero-order valence-electron chi connectivity index (χ0n) is 6.12. The average molecular weight is 197 g/mol. The Morgan fingerprint density at radius 3 is 2.77 bits per heavy atom. The molecule has 0 radical (unpaired) electrons. The Balaban J connectivity index is 3.12. The zero-order chi connectivity index (χ0) is 9.42. The molecule has 0 aromatic carbocycles. The van der Waals surface area contributed by atoms with Gasteiger partial charge in [-0.05, 0) is 12.2 Å². The minimum atomic E-state index is -0.632. The van der Waals surface area contributed by atoms with Gasteiger partial charge in [0.15, 0.2) is 11.2 Å². The molecule has 0 aliphatic rings. The monoisotopic (exact) mass is 197 g/mol. The zero-order valence-corrected chi connectivity index (χ0v) is 6.94. The van der Waals surface area contributed by atoms with E-state index in [0.717, 1.165) is 0 Å². The number of hydrogen-bond donors (Lipinski definition) is 3. The van der Waals surface area contributed by atoms with E-state index in [1.807, 2.05) is 4.98 Å². The highest BCUT2D eigenvalue weighted by atomic mass is 32.1. The Kier molecular flexibility index (Phi) is 1.55. The second-order valence-electron chi connectivity index (χ2n) is 2.25. The van der Waals surface area contributed by atoms with Crippen molar-refractivity contribution < 1.29 is 0 Å². The molecule has 2 rings (SSSR count). The van der Waals surface area contributed by atoms with Gasteiger partial charge in [0.2, 0.25) is 4.77 Å². The minimum Gasteiger partial charge on any atom is -0.290 e. The minimum absolute atomic E-state index is 0.0215. The Hall–Kier alpha value is -1.83. The summed E-state index contributed by atoms with van der Waals surface area (Å²) >= 11 is 4.66. The number of fused-ring (bicyclic) bond motifs is 1. The first kappa shape index (κ1) is 7.80. The van der Waals surface area contributed by atoms with E-state index in [9.17, 15) is 9.59 Å². The lowest BCUT2D eigenvalue weighted by molar-refractivity contribution is 0.950. The lowest BCUT2D eigenvalue weighted by Crippen LogP contribution is -2.23. The van der Waals surface area contributed by atoms with Crippen molar-refractivity contribution in [3.8, 4) is 0 Å². The third-order valence-electron chi connectivity index (χ3n) is 1.38. The van der Waals surface area contributed by atoms with Crippen LogP contribution in [0, 0.1) is 4.77 Å². The molecule has 7 nitrogen and oxygen atoms in total. The summed E-state index contributed by atoms with van der Waals surface area (Å²) in [4.78, 5) is 29.9. The molecule has 3 N–H and O–H groups in total. The molecule has 0 atom stereocenters. The third kappa shape index (κ3) is 1.26. The highest BCUT2D eigenvalue weighted by Gasteiger charge is 2.01. The molecule has 0 bridgehead atoms. The molecule has 0 saturated carbocycles. The molecule has 2 heterocycles. The fourth-order valence-corrected chi connectivity index (χ4v) is 1.02. The van der Waals surface area contributed by atoms with Crippen LogP contribution in [0.1, 0.15) is 0 Å². The molecule has 2 aromatic heterocycles. The maximum Gasteiger partial charge on any atom is 0.327 e. The third-order valence-corrected chi connectivity index (χ3v) is 1.56.